The third-order valence-corrected chi connectivity index (χ3v) is 6.80. The molecular weight excluding hydrogens is 398 g/mol. The number of nitrogens with one attached hydrogen (secondary N) is 1. The van der Waals surface area contributed by atoms with Crippen molar-refractivity contribution in [2.24, 2.45) is 0 Å². The summed E-state index contributed by atoms with van der Waals surface area (Å²) in [5.74, 6) is -0.0779. The first kappa shape index (κ1) is 22.3. The van der Waals surface area contributed by atoms with Crippen LogP contribution in [0.2, 0.25) is 0 Å². The number of amides is 1. The minimum Gasteiger partial charge on any atom is -0.349 e. The van der Waals surface area contributed by atoms with Crippen molar-refractivity contribution in [2.75, 3.05) is 30.7 Å². The topological polar surface area (TPSA) is 69.7 Å². The molecule has 1 saturated heterocycles. The fourth-order valence-electron chi connectivity index (χ4n) is 3.91. The smallest absolute Gasteiger partial charge is 0.251 e. The highest BCUT2D eigenvalue weighted by Gasteiger charge is 2.22. The van der Waals surface area contributed by atoms with Gasteiger partial charge in [-0.15, -0.1) is 0 Å². The van der Waals surface area contributed by atoms with E-state index in [1.165, 1.54) is 10.6 Å². The van der Waals surface area contributed by atoms with Crippen molar-refractivity contribution < 1.29 is 13.2 Å². The van der Waals surface area contributed by atoms with E-state index in [9.17, 15) is 13.2 Å². The highest BCUT2D eigenvalue weighted by Crippen LogP contribution is 2.28. The van der Waals surface area contributed by atoms with E-state index in [1.807, 2.05) is 44.2 Å². The fraction of sp³-hybridized carbons (Fsp3) is 0.435. The molecule has 0 atom stereocenters. The first-order chi connectivity index (χ1) is 14.1. The normalized spacial score (nSPS) is 15.7. The Morgan fingerprint density at radius 3 is 2.17 bits per heavy atom. The van der Waals surface area contributed by atoms with E-state index in [1.54, 1.807) is 12.1 Å². The Hall–Kier alpha value is -2.38. The molecule has 1 amide bonds. The molecule has 162 valence electrons. The van der Waals surface area contributed by atoms with Crippen LogP contribution in [0.1, 0.15) is 39.9 Å². The summed E-state index contributed by atoms with van der Waals surface area (Å²) in [5.41, 5.74) is 3.96. The number of carbonyl (C=O) groups excluding carboxylic acids is 1. The van der Waals surface area contributed by atoms with Gasteiger partial charge in [0.05, 0.1) is 18.5 Å². The molecule has 1 aliphatic rings. The maximum Gasteiger partial charge on any atom is 0.251 e. The summed E-state index contributed by atoms with van der Waals surface area (Å²) in [6.07, 6.45) is 3.14. The lowest BCUT2D eigenvalue weighted by Crippen LogP contribution is -2.43. The molecule has 1 aliphatic heterocycles. The Morgan fingerprint density at radius 2 is 1.63 bits per heavy atom. The van der Waals surface area contributed by atoms with Crippen molar-refractivity contribution in [3.63, 3.8) is 0 Å². The Kier molecular flexibility index (Phi) is 6.83. The molecule has 0 aromatic heterocycles. The zero-order chi connectivity index (χ0) is 21.9. The first-order valence-electron chi connectivity index (χ1n) is 10.3. The Labute approximate surface area is 179 Å². The van der Waals surface area contributed by atoms with Crippen LogP contribution in [0.5, 0.6) is 0 Å². The lowest BCUT2D eigenvalue weighted by Gasteiger charge is -2.29. The summed E-state index contributed by atoms with van der Waals surface area (Å²) in [6.45, 7) is 6.03. The van der Waals surface area contributed by atoms with Gasteiger partial charge in [0.2, 0.25) is 10.0 Å². The third kappa shape index (κ3) is 5.40. The summed E-state index contributed by atoms with van der Waals surface area (Å²) in [5, 5.41) is 3.11. The second kappa shape index (κ2) is 9.18. The quantitative estimate of drug-likeness (QED) is 0.766. The molecule has 0 bridgehead atoms. The van der Waals surface area contributed by atoms with Gasteiger partial charge in [-0.2, -0.15) is 0 Å². The standard InChI is InChI=1S/C23H31N3O3S/c1-17-6-5-7-18(2)22(17)26(30(4,28)29)16-19-8-10-20(11-9-19)23(27)24-21-12-14-25(3)15-13-21/h5-11,21H,12-16H2,1-4H3,(H,24,27). The zero-order valence-electron chi connectivity index (χ0n) is 18.2. The van der Waals surface area contributed by atoms with Gasteiger partial charge in [0.15, 0.2) is 0 Å². The van der Waals surface area contributed by atoms with Gasteiger partial charge in [-0.25, -0.2) is 8.42 Å². The van der Waals surface area contributed by atoms with Gasteiger partial charge in [0.25, 0.3) is 5.91 Å². The monoisotopic (exact) mass is 429 g/mol. The molecule has 7 heteroatoms. The predicted octanol–water partition coefficient (Wildman–Crippen LogP) is 3.09. The highest BCUT2D eigenvalue weighted by atomic mass is 32.2. The predicted molar refractivity (Wildman–Crippen MR) is 121 cm³/mol. The second-order valence-electron chi connectivity index (χ2n) is 8.26. The van der Waals surface area contributed by atoms with Gasteiger partial charge < -0.3 is 10.2 Å². The molecule has 30 heavy (non-hydrogen) atoms. The van der Waals surface area contributed by atoms with Crippen LogP contribution in [0, 0.1) is 13.8 Å². The molecule has 1 N–H and O–H groups in total. The Bertz CT molecular complexity index is 975. The van der Waals surface area contributed by atoms with Crippen LogP contribution in [0.25, 0.3) is 0 Å². The van der Waals surface area contributed by atoms with Crippen molar-refractivity contribution in [1.29, 1.82) is 0 Å². The lowest BCUT2D eigenvalue weighted by atomic mass is 10.0. The van der Waals surface area contributed by atoms with E-state index in [2.05, 4.69) is 17.3 Å². The maximum absolute atomic E-state index is 12.6. The number of nitrogens with zero attached hydrogens (tertiary/aromatic N) is 2. The first-order valence-corrected chi connectivity index (χ1v) is 12.1. The van der Waals surface area contributed by atoms with Gasteiger partial charge in [0.1, 0.15) is 0 Å². The van der Waals surface area contributed by atoms with E-state index >= 15 is 0 Å². The van der Waals surface area contributed by atoms with Crippen LogP contribution in [0.15, 0.2) is 42.5 Å². The van der Waals surface area contributed by atoms with E-state index in [0.29, 0.717) is 11.3 Å². The van der Waals surface area contributed by atoms with Gasteiger partial charge in [-0.05, 0) is 75.6 Å². The van der Waals surface area contributed by atoms with E-state index < -0.39 is 10.0 Å². The molecule has 3 rings (SSSR count). The summed E-state index contributed by atoms with van der Waals surface area (Å²) in [6, 6.07) is 13.2. The van der Waals surface area contributed by atoms with Gasteiger partial charge in [0, 0.05) is 11.6 Å². The maximum atomic E-state index is 12.6. The SMILES string of the molecule is Cc1cccc(C)c1N(Cc1ccc(C(=O)NC2CCN(C)CC2)cc1)S(C)(=O)=O. The van der Waals surface area contributed by atoms with Crippen LogP contribution in [0.4, 0.5) is 5.69 Å². The number of likely N-dealkylation sites (tertiary alicyclic amines) is 1. The van der Waals surface area contributed by atoms with Crippen LogP contribution in [-0.4, -0.2) is 51.7 Å². The third-order valence-electron chi connectivity index (χ3n) is 5.69. The van der Waals surface area contributed by atoms with Crippen molar-refractivity contribution in [3.05, 3.63) is 64.7 Å². The summed E-state index contributed by atoms with van der Waals surface area (Å²) in [7, 11) is -1.37. The Balaban J connectivity index is 1.74. The molecule has 0 radical (unpaired) electrons. The van der Waals surface area contributed by atoms with Crippen LogP contribution < -0.4 is 9.62 Å². The second-order valence-corrected chi connectivity index (χ2v) is 10.2. The van der Waals surface area contributed by atoms with Crippen molar-refractivity contribution >= 4 is 21.6 Å². The average molecular weight is 430 g/mol. The van der Waals surface area contributed by atoms with E-state index in [-0.39, 0.29) is 18.5 Å². The number of carbonyl (C=O) groups is 1. The lowest BCUT2D eigenvalue weighted by molar-refractivity contribution is 0.0917. The molecule has 1 fully saturated rings. The molecular formula is C23H31N3O3S. The number of piperidine rings is 1. The summed E-state index contributed by atoms with van der Waals surface area (Å²) < 4.78 is 26.5. The van der Waals surface area contributed by atoms with E-state index in [0.717, 1.165) is 42.6 Å². The molecule has 2 aromatic carbocycles. The molecule has 6 nitrogen and oxygen atoms in total. The number of hydrogen-bond acceptors (Lipinski definition) is 4. The van der Waals surface area contributed by atoms with Gasteiger partial charge in [-0.3, -0.25) is 9.10 Å². The minimum absolute atomic E-state index is 0.0779. The average Bonchev–Trinajstić information content (AvgIpc) is 2.68. The van der Waals surface area contributed by atoms with Crippen molar-refractivity contribution in [2.45, 2.75) is 39.3 Å². The molecule has 0 unspecified atom stereocenters. The minimum atomic E-state index is -3.46. The van der Waals surface area contributed by atoms with Crippen molar-refractivity contribution in [3.8, 4) is 0 Å². The number of anilines is 1. The molecule has 1 heterocycles. The number of para-hydroxylation sites is 1. The Morgan fingerprint density at radius 1 is 1.07 bits per heavy atom. The number of aryl methyl sites for hydroxylation is 2. The van der Waals surface area contributed by atoms with Gasteiger partial charge in [-0.1, -0.05) is 30.3 Å². The van der Waals surface area contributed by atoms with Crippen LogP contribution in [0.3, 0.4) is 0 Å². The van der Waals surface area contributed by atoms with Crippen molar-refractivity contribution in [1.82, 2.24) is 10.2 Å². The summed E-state index contributed by atoms with van der Waals surface area (Å²) in [4.78, 5) is 14.8. The molecule has 0 saturated carbocycles. The van der Waals surface area contributed by atoms with Crippen LogP contribution in [-0.2, 0) is 16.6 Å². The number of sulfonamides is 1. The largest absolute Gasteiger partial charge is 0.349 e. The van der Waals surface area contributed by atoms with E-state index in [4.69, 9.17) is 0 Å². The number of hydrogen-bond donors (Lipinski definition) is 1. The summed E-state index contributed by atoms with van der Waals surface area (Å²) >= 11 is 0. The highest BCUT2D eigenvalue weighted by molar-refractivity contribution is 7.92. The van der Waals surface area contributed by atoms with Crippen LogP contribution >= 0.6 is 0 Å². The van der Waals surface area contributed by atoms with Gasteiger partial charge >= 0.3 is 0 Å². The zero-order valence-corrected chi connectivity index (χ0v) is 19.0. The fourth-order valence-corrected chi connectivity index (χ4v) is 4.91. The molecule has 0 aliphatic carbocycles. The number of rotatable bonds is 6. The molecule has 0 spiro atoms. The molecule has 2 aromatic rings. The number of benzene rings is 2.